The van der Waals surface area contributed by atoms with E-state index >= 15 is 0 Å². The molecule has 32 heavy (non-hydrogen) atoms. The monoisotopic (exact) mass is 491 g/mol. The van der Waals surface area contributed by atoms with Crippen LogP contribution in [0.15, 0.2) is 29.2 Å². The molecule has 2 fully saturated rings. The van der Waals surface area contributed by atoms with Crippen molar-refractivity contribution in [3.63, 3.8) is 0 Å². The van der Waals surface area contributed by atoms with Gasteiger partial charge < -0.3 is 15.7 Å². The van der Waals surface area contributed by atoms with E-state index in [4.69, 9.17) is 0 Å². The van der Waals surface area contributed by atoms with E-state index in [-0.39, 0.29) is 18.0 Å². The van der Waals surface area contributed by atoms with E-state index in [0.717, 1.165) is 31.9 Å². The van der Waals surface area contributed by atoms with Gasteiger partial charge in [0.05, 0.1) is 11.6 Å². The van der Waals surface area contributed by atoms with Crippen molar-refractivity contribution in [2.45, 2.75) is 42.5 Å². The van der Waals surface area contributed by atoms with Gasteiger partial charge in [-0.25, -0.2) is 4.98 Å². The zero-order valence-corrected chi connectivity index (χ0v) is 17.3. The van der Waals surface area contributed by atoms with Crippen molar-refractivity contribution in [1.82, 2.24) is 15.6 Å². The first-order valence-corrected chi connectivity index (χ1v) is 11.8. The molecule has 2 aliphatic rings. The SMILES string of the molecule is O[C@H](CNC[C@]12CC[C@H](C1)NC2)c1cc(C(F)(F)F)nc2c(S(F)(F)(F)(F)F)cccc12. The van der Waals surface area contributed by atoms with Gasteiger partial charge in [0.25, 0.3) is 0 Å². The molecule has 1 saturated carbocycles. The molecular formula is C19H21F8N3OS. The number of rotatable bonds is 6. The Morgan fingerprint density at radius 3 is 2.47 bits per heavy atom. The number of hydrogen-bond donors (Lipinski definition) is 3. The summed E-state index contributed by atoms with van der Waals surface area (Å²) in [6, 6.07) is 2.43. The predicted octanol–water partition coefficient (Wildman–Crippen LogP) is 5.68. The van der Waals surface area contributed by atoms with Crippen LogP contribution in [0.5, 0.6) is 0 Å². The highest BCUT2D eigenvalue weighted by atomic mass is 32.5. The van der Waals surface area contributed by atoms with Gasteiger partial charge in [0.1, 0.15) is 10.6 Å². The van der Waals surface area contributed by atoms with Gasteiger partial charge in [-0.05, 0) is 42.4 Å². The van der Waals surface area contributed by atoms with E-state index in [0.29, 0.717) is 24.7 Å². The minimum Gasteiger partial charge on any atom is -0.387 e. The van der Waals surface area contributed by atoms with Gasteiger partial charge in [0.2, 0.25) is 0 Å². The van der Waals surface area contributed by atoms with Crippen LogP contribution < -0.4 is 10.6 Å². The van der Waals surface area contributed by atoms with E-state index in [2.05, 4.69) is 15.6 Å². The molecule has 180 valence electrons. The van der Waals surface area contributed by atoms with E-state index in [1.54, 1.807) is 0 Å². The Morgan fingerprint density at radius 1 is 1.22 bits per heavy atom. The Bertz CT molecular complexity index is 1050. The fourth-order valence-electron chi connectivity index (χ4n) is 4.69. The van der Waals surface area contributed by atoms with Gasteiger partial charge in [-0.1, -0.05) is 31.6 Å². The average Bonchev–Trinajstić information content (AvgIpc) is 3.25. The predicted molar refractivity (Wildman–Crippen MR) is 104 cm³/mol. The van der Waals surface area contributed by atoms with Crippen molar-refractivity contribution < 1.29 is 37.7 Å². The fraction of sp³-hybridized carbons (Fsp3) is 0.526. The number of aliphatic hydroxyl groups is 1. The van der Waals surface area contributed by atoms with Gasteiger partial charge in [-0.2, -0.15) is 13.2 Å². The average molecular weight is 491 g/mol. The lowest BCUT2D eigenvalue weighted by molar-refractivity contribution is -0.141. The summed E-state index contributed by atoms with van der Waals surface area (Å²) >= 11 is 0. The van der Waals surface area contributed by atoms with Crippen molar-refractivity contribution in [2.24, 2.45) is 5.41 Å². The zero-order chi connectivity index (χ0) is 23.6. The Kier molecular flexibility index (Phi) is 4.89. The molecule has 0 amide bonds. The Hall–Kier alpha value is -1.70. The second-order valence-corrected chi connectivity index (χ2v) is 11.1. The molecule has 2 heterocycles. The first-order valence-electron chi connectivity index (χ1n) is 9.85. The van der Waals surface area contributed by atoms with Crippen LogP contribution in [0.3, 0.4) is 0 Å². The first kappa shape index (κ1) is 23.5. The van der Waals surface area contributed by atoms with Crippen LogP contribution in [0, 0.1) is 5.41 Å². The number of piperidine rings is 1. The van der Waals surface area contributed by atoms with Gasteiger partial charge in [-0.3, -0.25) is 0 Å². The van der Waals surface area contributed by atoms with Gasteiger partial charge in [0, 0.05) is 31.1 Å². The highest BCUT2D eigenvalue weighted by Gasteiger charge is 2.66. The Labute approximate surface area is 178 Å². The minimum absolute atomic E-state index is 0.00815. The lowest BCUT2D eigenvalue weighted by Gasteiger charge is -2.41. The van der Waals surface area contributed by atoms with Gasteiger partial charge in [-0.15, -0.1) is 0 Å². The number of nitrogens with one attached hydrogen (secondary N) is 2. The first-order chi connectivity index (χ1) is 14.5. The fourth-order valence-corrected chi connectivity index (χ4v) is 5.55. The molecule has 0 unspecified atom stereocenters. The second kappa shape index (κ2) is 6.67. The summed E-state index contributed by atoms with van der Waals surface area (Å²) in [6.07, 6.45) is -4.02. The van der Waals surface area contributed by atoms with Crippen LogP contribution in [0.25, 0.3) is 10.9 Å². The van der Waals surface area contributed by atoms with Crippen molar-refractivity contribution in [2.75, 3.05) is 19.6 Å². The molecule has 1 aliphatic carbocycles. The lowest BCUT2D eigenvalue weighted by atomic mass is 9.87. The molecule has 4 nitrogen and oxygen atoms in total. The molecule has 3 N–H and O–H groups in total. The quantitative estimate of drug-likeness (QED) is 0.456. The maximum Gasteiger partial charge on any atom is 0.433 e. The number of nitrogens with zero attached hydrogens (tertiary/aromatic N) is 1. The van der Waals surface area contributed by atoms with E-state index < -0.39 is 49.6 Å². The van der Waals surface area contributed by atoms with Gasteiger partial charge in [0.15, 0.2) is 0 Å². The van der Waals surface area contributed by atoms with E-state index in [1.807, 2.05) is 0 Å². The van der Waals surface area contributed by atoms with Crippen LogP contribution in [-0.2, 0) is 6.18 Å². The summed E-state index contributed by atoms with van der Waals surface area (Å²) in [5.41, 5.74) is -3.92. The number of alkyl halides is 3. The maximum atomic E-state index is 13.5. The maximum absolute atomic E-state index is 13.5. The smallest absolute Gasteiger partial charge is 0.387 e. The molecule has 0 radical (unpaired) electrons. The highest BCUT2D eigenvalue weighted by molar-refractivity contribution is 8.46. The summed E-state index contributed by atoms with van der Waals surface area (Å²) < 4.78 is 107. The third kappa shape index (κ3) is 4.52. The number of aromatic nitrogens is 1. The van der Waals surface area contributed by atoms with Crippen LogP contribution >= 0.6 is 10.2 Å². The summed E-state index contributed by atoms with van der Waals surface area (Å²) in [6.45, 7) is 0.952. The summed E-state index contributed by atoms with van der Waals surface area (Å²) in [5, 5.41) is 16.2. The molecule has 3 atom stereocenters. The third-order valence-electron chi connectivity index (χ3n) is 6.21. The van der Waals surface area contributed by atoms with Crippen LogP contribution in [-0.4, -0.2) is 35.8 Å². The van der Waals surface area contributed by atoms with Crippen molar-refractivity contribution >= 4 is 21.1 Å². The number of hydrogen-bond acceptors (Lipinski definition) is 4. The number of benzene rings is 1. The molecule has 13 heteroatoms. The second-order valence-electron chi connectivity index (χ2n) is 8.68. The van der Waals surface area contributed by atoms with Crippen LogP contribution in [0.2, 0.25) is 0 Å². The van der Waals surface area contributed by atoms with Gasteiger partial charge >= 0.3 is 16.4 Å². The molecule has 1 aromatic carbocycles. The molecule has 2 bridgehead atoms. The lowest BCUT2D eigenvalue weighted by Crippen LogP contribution is -2.38. The molecule has 2 aromatic rings. The summed E-state index contributed by atoms with van der Waals surface area (Å²) in [5.74, 6) is 0. The summed E-state index contributed by atoms with van der Waals surface area (Å²) in [7, 11) is -10.4. The zero-order valence-electron chi connectivity index (χ0n) is 16.5. The summed E-state index contributed by atoms with van der Waals surface area (Å²) in [4.78, 5) is 0.373. The largest absolute Gasteiger partial charge is 0.433 e. The standard InChI is InChI=1S/C19H21F8N3OS/c20-19(21,22)16-6-13(14(31)8-28-9-18-5-4-11(7-18)29-10-18)12-2-1-3-15(17(12)30-16)32(23,24,25,26)27/h1-3,6,11,14,28-29,31H,4-5,7-10H2/t11-,14-,18+/m1/s1. The molecule has 1 saturated heterocycles. The molecule has 0 spiro atoms. The van der Waals surface area contributed by atoms with E-state index in [9.17, 15) is 37.7 Å². The molecular weight excluding hydrogens is 470 g/mol. The van der Waals surface area contributed by atoms with Crippen molar-refractivity contribution in [3.8, 4) is 0 Å². The number of para-hydroxylation sites is 1. The topological polar surface area (TPSA) is 57.2 Å². The Balaban J connectivity index is 1.71. The molecule has 4 rings (SSSR count). The van der Waals surface area contributed by atoms with Crippen LogP contribution in [0.1, 0.15) is 36.6 Å². The number of halogens is 8. The third-order valence-corrected chi connectivity index (χ3v) is 7.37. The highest BCUT2D eigenvalue weighted by Crippen LogP contribution is 3.02. The molecule has 1 aliphatic heterocycles. The number of pyridine rings is 1. The number of fused-ring (bicyclic) bond motifs is 3. The van der Waals surface area contributed by atoms with Crippen molar-refractivity contribution in [3.05, 3.63) is 35.5 Å². The number of aliphatic hydroxyl groups excluding tert-OH is 1. The Morgan fingerprint density at radius 2 is 1.94 bits per heavy atom. The molecule has 1 aromatic heterocycles. The van der Waals surface area contributed by atoms with Crippen LogP contribution in [0.4, 0.5) is 32.6 Å². The van der Waals surface area contributed by atoms with E-state index in [1.165, 1.54) is 0 Å². The minimum atomic E-state index is -10.4. The van der Waals surface area contributed by atoms with Crippen molar-refractivity contribution in [1.29, 1.82) is 0 Å². The normalized spacial score (nSPS) is 26.8.